The van der Waals surface area contributed by atoms with Crippen molar-refractivity contribution in [2.24, 2.45) is 5.92 Å². The number of nitrogens with one attached hydrogen (secondary N) is 1. The van der Waals surface area contributed by atoms with Gasteiger partial charge in [-0.25, -0.2) is 4.79 Å². The fraction of sp³-hybridized carbons (Fsp3) is 0.538. The molecule has 2 N–H and O–H groups in total. The topological polar surface area (TPSA) is 80.6 Å². The Kier molecular flexibility index (Phi) is 4.21. The van der Waals surface area contributed by atoms with E-state index in [2.05, 4.69) is 5.32 Å². The molecule has 1 amide bonds. The Labute approximate surface area is 111 Å². The van der Waals surface area contributed by atoms with E-state index in [0.29, 0.717) is 18.8 Å². The van der Waals surface area contributed by atoms with Crippen molar-refractivity contribution in [1.82, 2.24) is 9.88 Å². The van der Waals surface area contributed by atoms with Crippen LogP contribution in [0.25, 0.3) is 0 Å². The smallest absolute Gasteiger partial charge is 0.326 e. The van der Waals surface area contributed by atoms with Gasteiger partial charge in [-0.1, -0.05) is 0 Å². The third-order valence-electron chi connectivity index (χ3n) is 3.24. The average molecular weight is 266 g/mol. The van der Waals surface area contributed by atoms with Gasteiger partial charge in [-0.2, -0.15) is 0 Å². The number of hydrogen-bond donors (Lipinski definition) is 2. The van der Waals surface area contributed by atoms with Gasteiger partial charge in [0.25, 0.3) is 5.91 Å². The molecule has 1 aromatic heterocycles. The fourth-order valence-corrected chi connectivity index (χ4v) is 2.03. The Morgan fingerprint density at radius 1 is 1.58 bits per heavy atom. The zero-order valence-electron chi connectivity index (χ0n) is 10.8. The third kappa shape index (κ3) is 3.35. The van der Waals surface area contributed by atoms with Crippen LogP contribution in [0.4, 0.5) is 0 Å². The summed E-state index contributed by atoms with van der Waals surface area (Å²) < 4.78 is 6.73. The highest BCUT2D eigenvalue weighted by molar-refractivity contribution is 5.95. The first kappa shape index (κ1) is 13.6. The summed E-state index contributed by atoms with van der Waals surface area (Å²) in [6.45, 7) is 1.06. The first-order valence-corrected chi connectivity index (χ1v) is 6.31. The maximum Gasteiger partial charge on any atom is 0.326 e. The number of carbonyl (C=O) groups is 2. The minimum Gasteiger partial charge on any atom is -0.480 e. The maximum absolute atomic E-state index is 12.1. The summed E-state index contributed by atoms with van der Waals surface area (Å²) >= 11 is 0. The number of amides is 1. The van der Waals surface area contributed by atoms with Crippen LogP contribution < -0.4 is 5.32 Å². The van der Waals surface area contributed by atoms with Crippen molar-refractivity contribution in [1.29, 1.82) is 0 Å². The number of aliphatic carboxylic acids is 1. The van der Waals surface area contributed by atoms with Gasteiger partial charge in [-0.15, -0.1) is 0 Å². The number of aromatic nitrogens is 1. The lowest BCUT2D eigenvalue weighted by Crippen LogP contribution is -2.43. The molecule has 1 aromatic rings. The van der Waals surface area contributed by atoms with Crippen LogP contribution >= 0.6 is 0 Å². The Hall–Kier alpha value is -1.82. The maximum atomic E-state index is 12.1. The summed E-state index contributed by atoms with van der Waals surface area (Å²) in [4.78, 5) is 23.2. The van der Waals surface area contributed by atoms with Crippen LogP contribution in [0.2, 0.25) is 0 Å². The lowest BCUT2D eigenvalue weighted by molar-refractivity contribution is -0.139. The molecule has 1 heterocycles. The molecule has 19 heavy (non-hydrogen) atoms. The van der Waals surface area contributed by atoms with Gasteiger partial charge in [0, 0.05) is 19.9 Å². The molecule has 1 atom stereocenters. The van der Waals surface area contributed by atoms with Crippen LogP contribution in [0.1, 0.15) is 23.3 Å². The van der Waals surface area contributed by atoms with Crippen molar-refractivity contribution < 1.29 is 19.4 Å². The first-order chi connectivity index (χ1) is 9.13. The van der Waals surface area contributed by atoms with Crippen LogP contribution in [0.3, 0.4) is 0 Å². The van der Waals surface area contributed by atoms with E-state index >= 15 is 0 Å². The number of rotatable bonds is 7. The molecule has 0 saturated heterocycles. The minimum atomic E-state index is -0.967. The molecule has 1 saturated carbocycles. The van der Waals surface area contributed by atoms with Crippen LogP contribution in [0, 0.1) is 5.92 Å². The van der Waals surface area contributed by atoms with Crippen LogP contribution in [0.5, 0.6) is 0 Å². The molecule has 1 aliphatic carbocycles. The number of hydrogen-bond acceptors (Lipinski definition) is 3. The average Bonchev–Trinajstić information content (AvgIpc) is 3.10. The van der Waals surface area contributed by atoms with E-state index in [-0.39, 0.29) is 11.8 Å². The summed E-state index contributed by atoms with van der Waals surface area (Å²) in [5.41, 5.74) is 0.462. The number of carbonyl (C=O) groups excluding carboxylic acids is 1. The van der Waals surface area contributed by atoms with Crippen molar-refractivity contribution in [3.63, 3.8) is 0 Å². The number of ether oxygens (including phenoxy) is 1. The second kappa shape index (κ2) is 5.88. The SMILES string of the molecule is COCCn1cccc1C(=O)NC(C(=O)O)C1CC1. The number of nitrogens with zero attached hydrogens (tertiary/aromatic N) is 1. The molecule has 1 unspecified atom stereocenters. The van der Waals surface area contributed by atoms with E-state index in [0.717, 1.165) is 12.8 Å². The Bertz CT molecular complexity index is 465. The second-order valence-corrected chi connectivity index (χ2v) is 4.71. The summed E-state index contributed by atoms with van der Waals surface area (Å²) in [7, 11) is 1.59. The predicted octanol–water partition coefficient (Wildman–Crippen LogP) is 0.727. The molecule has 1 aliphatic rings. The molecular formula is C13H18N2O4. The van der Waals surface area contributed by atoms with Crippen molar-refractivity contribution in [3.05, 3.63) is 24.0 Å². The summed E-state index contributed by atoms with van der Waals surface area (Å²) in [6.07, 6.45) is 3.50. The third-order valence-corrected chi connectivity index (χ3v) is 3.24. The van der Waals surface area contributed by atoms with Gasteiger partial charge in [0.15, 0.2) is 0 Å². The molecule has 0 radical (unpaired) electrons. The zero-order valence-corrected chi connectivity index (χ0v) is 10.8. The van der Waals surface area contributed by atoms with E-state index < -0.39 is 12.0 Å². The van der Waals surface area contributed by atoms with E-state index in [1.165, 1.54) is 0 Å². The van der Waals surface area contributed by atoms with Gasteiger partial charge in [0.05, 0.1) is 6.61 Å². The summed E-state index contributed by atoms with van der Waals surface area (Å²) in [5.74, 6) is -1.24. The predicted molar refractivity (Wildman–Crippen MR) is 67.9 cm³/mol. The number of carboxylic acid groups (broad SMARTS) is 1. The largest absolute Gasteiger partial charge is 0.480 e. The minimum absolute atomic E-state index is 0.0730. The van der Waals surface area contributed by atoms with Crippen molar-refractivity contribution in [2.45, 2.75) is 25.4 Å². The van der Waals surface area contributed by atoms with Crippen LogP contribution in [-0.2, 0) is 16.1 Å². The Balaban J connectivity index is 2.02. The van der Waals surface area contributed by atoms with E-state index in [1.807, 2.05) is 0 Å². The lowest BCUT2D eigenvalue weighted by atomic mass is 10.2. The molecule has 6 nitrogen and oxygen atoms in total. The van der Waals surface area contributed by atoms with Gasteiger partial charge >= 0.3 is 5.97 Å². The molecule has 0 aliphatic heterocycles. The van der Waals surface area contributed by atoms with Crippen LogP contribution in [-0.4, -0.2) is 41.3 Å². The molecule has 104 valence electrons. The molecule has 0 spiro atoms. The van der Waals surface area contributed by atoms with Crippen molar-refractivity contribution in [3.8, 4) is 0 Å². The van der Waals surface area contributed by atoms with E-state index in [9.17, 15) is 9.59 Å². The van der Waals surface area contributed by atoms with Gasteiger partial charge in [-0.05, 0) is 30.9 Å². The molecule has 6 heteroatoms. The van der Waals surface area contributed by atoms with Gasteiger partial charge in [0.1, 0.15) is 11.7 Å². The Morgan fingerprint density at radius 3 is 2.89 bits per heavy atom. The normalized spacial score (nSPS) is 16.1. The Morgan fingerprint density at radius 2 is 2.32 bits per heavy atom. The van der Waals surface area contributed by atoms with Crippen LogP contribution in [0.15, 0.2) is 18.3 Å². The van der Waals surface area contributed by atoms with Gasteiger partial charge in [-0.3, -0.25) is 4.79 Å². The highest BCUT2D eigenvalue weighted by Gasteiger charge is 2.37. The van der Waals surface area contributed by atoms with E-state index in [1.54, 1.807) is 30.0 Å². The van der Waals surface area contributed by atoms with Crippen molar-refractivity contribution in [2.75, 3.05) is 13.7 Å². The second-order valence-electron chi connectivity index (χ2n) is 4.71. The molecule has 1 fully saturated rings. The summed E-state index contributed by atoms with van der Waals surface area (Å²) in [6, 6.07) is 2.66. The van der Waals surface area contributed by atoms with Gasteiger partial charge < -0.3 is 19.7 Å². The first-order valence-electron chi connectivity index (χ1n) is 6.31. The summed E-state index contributed by atoms with van der Waals surface area (Å²) in [5, 5.41) is 11.7. The van der Waals surface area contributed by atoms with Gasteiger partial charge in [0.2, 0.25) is 0 Å². The molecule has 0 bridgehead atoms. The van der Waals surface area contributed by atoms with Crippen molar-refractivity contribution >= 4 is 11.9 Å². The molecule has 2 rings (SSSR count). The lowest BCUT2D eigenvalue weighted by Gasteiger charge is -2.14. The number of methoxy groups -OCH3 is 1. The standard InChI is InChI=1S/C13H18N2O4/c1-19-8-7-15-6-2-3-10(15)12(16)14-11(13(17)18)9-4-5-9/h2-3,6,9,11H,4-5,7-8H2,1H3,(H,14,16)(H,17,18). The van der Waals surface area contributed by atoms with E-state index in [4.69, 9.17) is 9.84 Å². The zero-order chi connectivity index (χ0) is 13.8. The number of carboxylic acids is 1. The fourth-order valence-electron chi connectivity index (χ4n) is 2.03. The highest BCUT2D eigenvalue weighted by Crippen LogP contribution is 2.32. The monoisotopic (exact) mass is 266 g/mol. The molecule has 0 aromatic carbocycles. The quantitative estimate of drug-likeness (QED) is 0.762. The molecular weight excluding hydrogens is 248 g/mol. The highest BCUT2D eigenvalue weighted by atomic mass is 16.5.